The van der Waals surface area contributed by atoms with E-state index in [0.717, 1.165) is 25.9 Å². The molecule has 1 N–H and O–H groups in total. The zero-order valence-electron chi connectivity index (χ0n) is 10.3. The van der Waals surface area contributed by atoms with Crippen molar-refractivity contribution in [3.8, 4) is 0 Å². The molecule has 15 heavy (non-hydrogen) atoms. The lowest BCUT2D eigenvalue weighted by molar-refractivity contribution is -0.0793. The van der Waals surface area contributed by atoms with E-state index >= 15 is 0 Å². The Morgan fingerprint density at radius 3 is 2.33 bits per heavy atom. The summed E-state index contributed by atoms with van der Waals surface area (Å²) in [7, 11) is 0. The summed E-state index contributed by atoms with van der Waals surface area (Å²) in [6, 6.07) is 0.449. The van der Waals surface area contributed by atoms with Crippen LogP contribution in [0.1, 0.15) is 40.5 Å². The largest absolute Gasteiger partial charge is 0.392 e. The summed E-state index contributed by atoms with van der Waals surface area (Å²) >= 11 is 0. The summed E-state index contributed by atoms with van der Waals surface area (Å²) in [6.45, 7) is 10.5. The minimum Gasteiger partial charge on any atom is -0.392 e. The lowest BCUT2D eigenvalue weighted by atomic mass is 9.93. The summed E-state index contributed by atoms with van der Waals surface area (Å²) in [6.07, 6.45) is 1.84. The fourth-order valence-corrected chi connectivity index (χ4v) is 3.15. The van der Waals surface area contributed by atoms with Crippen LogP contribution in [0.5, 0.6) is 0 Å². The molecule has 2 rings (SSSR count). The molecular weight excluding hydrogens is 190 g/mol. The van der Waals surface area contributed by atoms with Gasteiger partial charge in [0, 0.05) is 19.1 Å². The molecule has 3 nitrogen and oxygen atoms in total. The summed E-state index contributed by atoms with van der Waals surface area (Å²) in [5.74, 6) is 0. The molecule has 0 saturated carbocycles. The fourth-order valence-electron chi connectivity index (χ4n) is 3.15. The van der Waals surface area contributed by atoms with E-state index in [1.54, 1.807) is 0 Å². The van der Waals surface area contributed by atoms with E-state index in [9.17, 15) is 5.11 Å². The maximum absolute atomic E-state index is 9.58. The Morgan fingerprint density at radius 2 is 1.93 bits per heavy atom. The Balaban J connectivity index is 2.09. The number of hydrogen-bond acceptors (Lipinski definition) is 3. The van der Waals surface area contributed by atoms with Gasteiger partial charge in [0.1, 0.15) is 0 Å². The summed E-state index contributed by atoms with van der Waals surface area (Å²) < 4.78 is 6.07. The first-order valence-corrected chi connectivity index (χ1v) is 5.92. The first kappa shape index (κ1) is 11.4. The van der Waals surface area contributed by atoms with Crippen LogP contribution in [0.15, 0.2) is 0 Å². The molecule has 0 aromatic carbocycles. The molecule has 2 saturated heterocycles. The average Bonchev–Trinajstić information content (AvgIpc) is 2.52. The molecule has 0 aromatic heterocycles. The molecule has 2 aliphatic heterocycles. The van der Waals surface area contributed by atoms with Gasteiger partial charge in [-0.25, -0.2) is 0 Å². The van der Waals surface area contributed by atoms with E-state index < -0.39 is 0 Å². The Bertz CT molecular complexity index is 250. The quantitative estimate of drug-likeness (QED) is 0.714. The molecule has 2 heterocycles. The number of β-amino-alcohol motifs (C(OH)–C–C–N with tert-alkyl or cyclic N) is 1. The van der Waals surface area contributed by atoms with Gasteiger partial charge >= 0.3 is 0 Å². The lowest BCUT2D eigenvalue weighted by Crippen LogP contribution is -2.45. The maximum Gasteiger partial charge on any atom is 0.0789 e. The monoisotopic (exact) mass is 213 g/mol. The Hall–Kier alpha value is -0.120. The molecule has 2 aliphatic rings. The Morgan fingerprint density at radius 1 is 1.27 bits per heavy atom. The number of likely N-dealkylation sites (tertiary alicyclic amines) is 1. The highest BCUT2D eigenvalue weighted by molar-refractivity contribution is 5.01. The highest BCUT2D eigenvalue weighted by Crippen LogP contribution is 2.41. The highest BCUT2D eigenvalue weighted by Gasteiger charge is 2.49. The van der Waals surface area contributed by atoms with Crippen molar-refractivity contribution in [3.63, 3.8) is 0 Å². The van der Waals surface area contributed by atoms with Crippen LogP contribution in [0, 0.1) is 0 Å². The number of nitrogens with zero attached hydrogens (tertiary/aromatic N) is 1. The summed E-state index contributed by atoms with van der Waals surface area (Å²) in [4.78, 5) is 2.39. The van der Waals surface area contributed by atoms with Crippen LogP contribution in [-0.2, 0) is 4.74 Å². The minimum atomic E-state index is -0.135. The highest BCUT2D eigenvalue weighted by atomic mass is 16.5. The van der Waals surface area contributed by atoms with Crippen molar-refractivity contribution in [2.45, 2.75) is 63.9 Å². The van der Waals surface area contributed by atoms with E-state index in [2.05, 4.69) is 32.6 Å². The molecule has 88 valence electrons. The normalized spacial score (nSPS) is 39.8. The van der Waals surface area contributed by atoms with Crippen LogP contribution in [0.2, 0.25) is 0 Å². The number of rotatable bonds is 1. The van der Waals surface area contributed by atoms with E-state index in [1.807, 2.05) is 0 Å². The van der Waals surface area contributed by atoms with Crippen molar-refractivity contribution in [1.29, 1.82) is 0 Å². The van der Waals surface area contributed by atoms with Crippen LogP contribution in [0.4, 0.5) is 0 Å². The molecule has 0 amide bonds. The maximum atomic E-state index is 9.58. The van der Waals surface area contributed by atoms with Crippen LogP contribution < -0.4 is 0 Å². The zero-order chi connectivity index (χ0) is 11.3. The molecule has 0 aromatic rings. The van der Waals surface area contributed by atoms with E-state index in [-0.39, 0.29) is 17.3 Å². The van der Waals surface area contributed by atoms with E-state index in [4.69, 9.17) is 4.74 Å². The van der Waals surface area contributed by atoms with Gasteiger partial charge < -0.3 is 9.84 Å². The van der Waals surface area contributed by atoms with Gasteiger partial charge in [0.15, 0.2) is 0 Å². The molecular formula is C12H23NO2. The predicted molar refractivity (Wildman–Crippen MR) is 59.8 cm³/mol. The van der Waals surface area contributed by atoms with Gasteiger partial charge in [0.2, 0.25) is 0 Å². The predicted octanol–water partition coefficient (Wildman–Crippen LogP) is 1.40. The third-order valence-corrected chi connectivity index (χ3v) is 3.66. The first-order valence-electron chi connectivity index (χ1n) is 5.92. The van der Waals surface area contributed by atoms with Gasteiger partial charge in [-0.2, -0.15) is 0 Å². The smallest absolute Gasteiger partial charge is 0.0789 e. The fraction of sp³-hybridized carbons (Fsp3) is 1.00. The first-order chi connectivity index (χ1) is 6.80. The molecule has 3 heteroatoms. The van der Waals surface area contributed by atoms with Gasteiger partial charge in [-0.05, 0) is 40.5 Å². The second-order valence-electron chi connectivity index (χ2n) is 6.12. The third kappa shape index (κ3) is 2.19. The lowest BCUT2D eigenvalue weighted by Gasteiger charge is -2.33. The number of ether oxygens (including phenoxy) is 1. The standard InChI is InChI=1S/C12H23NO2/c1-11(2)7-10(12(3,4)15-11)13-6-5-9(14)8-13/h9-10,14H,5-8H2,1-4H3/t9-,10?/m0/s1. The van der Waals surface area contributed by atoms with Crippen molar-refractivity contribution < 1.29 is 9.84 Å². The molecule has 2 atom stereocenters. The second-order valence-corrected chi connectivity index (χ2v) is 6.12. The van der Waals surface area contributed by atoms with Crippen LogP contribution in [0.3, 0.4) is 0 Å². The van der Waals surface area contributed by atoms with Crippen molar-refractivity contribution in [2.75, 3.05) is 13.1 Å². The molecule has 0 spiro atoms. The second kappa shape index (κ2) is 3.44. The van der Waals surface area contributed by atoms with Gasteiger partial charge in [0.25, 0.3) is 0 Å². The van der Waals surface area contributed by atoms with Gasteiger partial charge in [-0.3, -0.25) is 4.90 Å². The summed E-state index contributed by atoms with van der Waals surface area (Å²) in [5.41, 5.74) is -0.116. The molecule has 2 fully saturated rings. The average molecular weight is 213 g/mol. The number of aliphatic hydroxyl groups excluding tert-OH is 1. The minimum absolute atomic E-state index is 0.0261. The van der Waals surface area contributed by atoms with Gasteiger partial charge in [-0.1, -0.05) is 0 Å². The number of hydrogen-bond donors (Lipinski definition) is 1. The summed E-state index contributed by atoms with van der Waals surface area (Å²) in [5, 5.41) is 9.58. The molecule has 1 unspecified atom stereocenters. The third-order valence-electron chi connectivity index (χ3n) is 3.66. The van der Waals surface area contributed by atoms with E-state index in [1.165, 1.54) is 0 Å². The van der Waals surface area contributed by atoms with Crippen molar-refractivity contribution in [1.82, 2.24) is 4.90 Å². The SMILES string of the molecule is CC1(C)CC(N2CC[C@H](O)C2)C(C)(C)O1. The van der Waals surface area contributed by atoms with Gasteiger partial charge in [0.05, 0.1) is 17.3 Å². The molecule has 0 aliphatic carbocycles. The van der Waals surface area contributed by atoms with E-state index in [0.29, 0.717) is 6.04 Å². The van der Waals surface area contributed by atoms with Crippen LogP contribution in [-0.4, -0.2) is 46.4 Å². The van der Waals surface area contributed by atoms with Gasteiger partial charge in [-0.15, -0.1) is 0 Å². The topological polar surface area (TPSA) is 32.7 Å². The zero-order valence-corrected chi connectivity index (χ0v) is 10.3. The molecule has 0 radical (unpaired) electrons. The van der Waals surface area contributed by atoms with Crippen LogP contribution in [0.25, 0.3) is 0 Å². The number of aliphatic hydroxyl groups is 1. The van der Waals surface area contributed by atoms with Crippen LogP contribution >= 0.6 is 0 Å². The molecule has 0 bridgehead atoms. The van der Waals surface area contributed by atoms with Crippen molar-refractivity contribution >= 4 is 0 Å². The Labute approximate surface area is 92.4 Å². The van der Waals surface area contributed by atoms with Crippen molar-refractivity contribution in [3.05, 3.63) is 0 Å². The Kier molecular flexibility index (Phi) is 2.61. The van der Waals surface area contributed by atoms with Crippen molar-refractivity contribution in [2.24, 2.45) is 0 Å².